The highest BCUT2D eigenvalue weighted by atomic mass is 79.9. The number of phenolic OH excluding ortho intramolecular Hbond substituents is 1. The number of phenols is 1. The number of thiophene rings is 1. The number of nitrogens with zero attached hydrogens (tertiary/aromatic N) is 4. The van der Waals surface area contributed by atoms with Crippen LogP contribution in [0.25, 0.3) is 21.6 Å². The van der Waals surface area contributed by atoms with Crippen molar-refractivity contribution in [2.24, 2.45) is 5.10 Å². The molecule has 0 spiro atoms. The molecule has 0 atom stereocenters. The van der Waals surface area contributed by atoms with Crippen LogP contribution < -0.4 is 16.1 Å². The van der Waals surface area contributed by atoms with Crippen molar-refractivity contribution >= 4 is 77.2 Å². The van der Waals surface area contributed by atoms with Gasteiger partial charge in [0.25, 0.3) is 0 Å². The fourth-order valence-electron chi connectivity index (χ4n) is 4.13. The lowest BCUT2D eigenvalue weighted by Gasteiger charge is -2.26. The molecule has 1 fully saturated rings. The molecule has 208 valence electrons. The minimum absolute atomic E-state index is 0.0962. The number of aromatic nitrogens is 2. The third kappa shape index (κ3) is 7.34. The van der Waals surface area contributed by atoms with E-state index in [1.165, 1.54) is 6.21 Å². The standard InChI is InChI=1S/C27H27Br2N7O3S/c28-20-14-17(15-21(29)23(20)37)16-31-35-27(38)32-19-4-2-18(3-5-19)25-33-22-6-13-40-24(22)26(34-25)30-7-1-8-36-9-11-39-12-10-36/h2-6,13-16,37H,1,7-12H2,(H,30,33,34)(H2,32,35,38)/b31-16+. The number of halogens is 2. The van der Waals surface area contributed by atoms with E-state index in [4.69, 9.17) is 14.7 Å². The van der Waals surface area contributed by atoms with Gasteiger partial charge in [0, 0.05) is 30.9 Å². The summed E-state index contributed by atoms with van der Waals surface area (Å²) < 4.78 is 7.50. The molecule has 10 nitrogen and oxygen atoms in total. The predicted molar refractivity (Wildman–Crippen MR) is 166 cm³/mol. The number of nitrogens with one attached hydrogen (secondary N) is 3. The van der Waals surface area contributed by atoms with Crippen LogP contribution in [0.4, 0.5) is 16.3 Å². The zero-order chi connectivity index (χ0) is 27.9. The Bertz CT molecular complexity index is 1490. The first kappa shape index (κ1) is 28.4. The SMILES string of the molecule is O=C(N/N=C/c1cc(Br)c(O)c(Br)c1)Nc1ccc(-c2nc(NCCCN3CCOCC3)c3sccc3n2)cc1. The van der Waals surface area contributed by atoms with E-state index in [-0.39, 0.29) is 5.75 Å². The Balaban J connectivity index is 1.18. The molecule has 3 heterocycles. The van der Waals surface area contributed by atoms with Gasteiger partial charge >= 0.3 is 6.03 Å². The van der Waals surface area contributed by atoms with Gasteiger partial charge in [-0.3, -0.25) is 4.90 Å². The minimum Gasteiger partial charge on any atom is -0.506 e. The molecule has 1 aliphatic rings. The lowest BCUT2D eigenvalue weighted by atomic mass is 10.2. The summed E-state index contributed by atoms with van der Waals surface area (Å²) in [6.45, 7) is 5.45. The number of hydrazone groups is 1. The molecule has 13 heteroatoms. The van der Waals surface area contributed by atoms with Gasteiger partial charge in [-0.25, -0.2) is 20.2 Å². The van der Waals surface area contributed by atoms with Gasteiger partial charge in [-0.05, 0) is 98.2 Å². The summed E-state index contributed by atoms with van der Waals surface area (Å²) in [4.78, 5) is 24.3. The number of fused-ring (bicyclic) bond motifs is 1. The van der Waals surface area contributed by atoms with Gasteiger partial charge < -0.3 is 20.5 Å². The number of urea groups is 1. The Kier molecular flexibility index (Phi) is 9.60. The number of benzene rings is 2. The molecule has 0 saturated carbocycles. The summed E-state index contributed by atoms with van der Waals surface area (Å²) in [5, 5.41) is 22.0. The second-order valence-electron chi connectivity index (χ2n) is 9.00. The van der Waals surface area contributed by atoms with E-state index in [0.29, 0.717) is 26.0 Å². The average molecular weight is 689 g/mol. The molecular weight excluding hydrogens is 662 g/mol. The predicted octanol–water partition coefficient (Wildman–Crippen LogP) is 5.88. The van der Waals surface area contributed by atoms with Crippen LogP contribution >= 0.6 is 43.2 Å². The number of aromatic hydroxyl groups is 1. The number of morpholine rings is 1. The first-order valence-corrected chi connectivity index (χ1v) is 15.1. The van der Waals surface area contributed by atoms with Crippen LogP contribution in [0.3, 0.4) is 0 Å². The van der Waals surface area contributed by atoms with Gasteiger partial charge in [0.05, 0.1) is 38.6 Å². The van der Waals surface area contributed by atoms with Crippen LogP contribution in [0.1, 0.15) is 12.0 Å². The number of carbonyl (C=O) groups excluding carboxylic acids is 1. The number of amides is 2. The maximum atomic E-state index is 12.3. The molecule has 0 unspecified atom stereocenters. The van der Waals surface area contributed by atoms with Crippen LogP contribution in [-0.2, 0) is 4.74 Å². The van der Waals surface area contributed by atoms with Gasteiger partial charge in [0.1, 0.15) is 11.6 Å². The highest BCUT2D eigenvalue weighted by molar-refractivity contribution is 9.11. The fraction of sp³-hybridized carbons (Fsp3) is 0.259. The zero-order valence-electron chi connectivity index (χ0n) is 21.4. The molecule has 2 aromatic heterocycles. The summed E-state index contributed by atoms with van der Waals surface area (Å²) in [7, 11) is 0. The smallest absolute Gasteiger partial charge is 0.339 e. The molecular formula is C27H27Br2N7O3S. The highest BCUT2D eigenvalue weighted by Gasteiger charge is 2.13. The maximum absolute atomic E-state index is 12.3. The van der Waals surface area contributed by atoms with E-state index >= 15 is 0 Å². The monoisotopic (exact) mass is 687 g/mol. The van der Waals surface area contributed by atoms with E-state index in [0.717, 1.165) is 67.4 Å². The van der Waals surface area contributed by atoms with Crippen LogP contribution in [0.2, 0.25) is 0 Å². The van der Waals surface area contributed by atoms with E-state index in [2.05, 4.69) is 57.9 Å². The summed E-state index contributed by atoms with van der Waals surface area (Å²) in [5.41, 5.74) is 5.47. The van der Waals surface area contributed by atoms with Gasteiger partial charge in [0.2, 0.25) is 0 Å². The molecule has 1 saturated heterocycles. The summed E-state index contributed by atoms with van der Waals surface area (Å²) >= 11 is 8.16. The second kappa shape index (κ2) is 13.5. The highest BCUT2D eigenvalue weighted by Crippen LogP contribution is 2.33. The maximum Gasteiger partial charge on any atom is 0.339 e. The van der Waals surface area contributed by atoms with Crippen molar-refractivity contribution in [2.45, 2.75) is 6.42 Å². The van der Waals surface area contributed by atoms with E-state index in [9.17, 15) is 9.90 Å². The molecule has 5 rings (SSSR count). The third-order valence-corrected chi connectivity index (χ3v) is 8.29. The van der Waals surface area contributed by atoms with Crippen LogP contribution in [0.5, 0.6) is 5.75 Å². The van der Waals surface area contributed by atoms with E-state index < -0.39 is 6.03 Å². The molecule has 0 bridgehead atoms. The number of anilines is 2. The van der Waals surface area contributed by atoms with Gasteiger partial charge in [-0.1, -0.05) is 0 Å². The quantitative estimate of drug-likeness (QED) is 0.0984. The van der Waals surface area contributed by atoms with E-state index in [1.54, 1.807) is 35.6 Å². The first-order chi connectivity index (χ1) is 19.5. The van der Waals surface area contributed by atoms with Crippen LogP contribution in [0, 0.1) is 0 Å². The molecule has 40 heavy (non-hydrogen) atoms. The van der Waals surface area contributed by atoms with Gasteiger partial charge in [-0.15, -0.1) is 11.3 Å². The van der Waals surface area contributed by atoms with Crippen molar-refractivity contribution in [2.75, 3.05) is 50.0 Å². The Morgan fingerprint density at radius 1 is 1.12 bits per heavy atom. The van der Waals surface area contributed by atoms with Gasteiger partial charge in [0.15, 0.2) is 5.82 Å². The van der Waals surface area contributed by atoms with Crippen LogP contribution in [0.15, 0.2) is 61.9 Å². The number of carbonyl (C=O) groups is 1. The number of rotatable bonds is 9. The van der Waals surface area contributed by atoms with E-state index in [1.807, 2.05) is 23.6 Å². The molecule has 2 amide bonds. The molecule has 0 aliphatic carbocycles. The van der Waals surface area contributed by atoms with Crippen LogP contribution in [-0.4, -0.2) is 71.6 Å². The molecule has 2 aromatic carbocycles. The van der Waals surface area contributed by atoms with Crippen molar-refractivity contribution in [3.63, 3.8) is 0 Å². The minimum atomic E-state index is -0.486. The third-order valence-electron chi connectivity index (χ3n) is 6.17. The summed E-state index contributed by atoms with van der Waals surface area (Å²) in [6, 6.07) is 12.2. The van der Waals surface area contributed by atoms with Gasteiger partial charge in [-0.2, -0.15) is 5.10 Å². The van der Waals surface area contributed by atoms with Crippen molar-refractivity contribution < 1.29 is 14.6 Å². The fourth-order valence-corrected chi connectivity index (χ4v) is 6.15. The molecule has 0 radical (unpaired) electrons. The Morgan fingerprint density at radius 2 is 1.88 bits per heavy atom. The summed E-state index contributed by atoms with van der Waals surface area (Å²) in [6.07, 6.45) is 2.49. The Hall–Kier alpha value is -3.10. The topological polar surface area (TPSA) is 124 Å². The Morgan fingerprint density at radius 3 is 2.62 bits per heavy atom. The average Bonchev–Trinajstić information content (AvgIpc) is 3.44. The first-order valence-electron chi connectivity index (χ1n) is 12.6. The second-order valence-corrected chi connectivity index (χ2v) is 11.6. The molecule has 4 aromatic rings. The largest absolute Gasteiger partial charge is 0.506 e. The zero-order valence-corrected chi connectivity index (χ0v) is 25.4. The van der Waals surface area contributed by atoms with Crippen molar-refractivity contribution in [3.8, 4) is 17.1 Å². The number of hydrogen-bond acceptors (Lipinski definition) is 9. The molecule has 4 N–H and O–H groups in total. The lowest BCUT2D eigenvalue weighted by molar-refractivity contribution is 0.0378. The number of hydrogen-bond donors (Lipinski definition) is 4. The summed E-state index contributed by atoms with van der Waals surface area (Å²) in [5.74, 6) is 1.55. The van der Waals surface area contributed by atoms with Crippen molar-refractivity contribution in [3.05, 3.63) is 62.4 Å². The van der Waals surface area contributed by atoms with Crippen molar-refractivity contribution in [1.29, 1.82) is 0 Å². The number of ether oxygens (including phenoxy) is 1. The Labute approximate surface area is 252 Å². The lowest BCUT2D eigenvalue weighted by Crippen LogP contribution is -2.37. The van der Waals surface area contributed by atoms with Crippen molar-refractivity contribution in [1.82, 2.24) is 20.3 Å². The molecule has 1 aliphatic heterocycles. The normalized spacial score (nSPS) is 14.1.